The third kappa shape index (κ3) is 16.3. The van der Waals surface area contributed by atoms with Crippen LogP contribution in [0.3, 0.4) is 0 Å². The van der Waals surface area contributed by atoms with Gasteiger partial charge in [-0.25, -0.2) is 4.57 Å². The van der Waals surface area contributed by atoms with Crippen LogP contribution in [0.2, 0.25) is 0 Å². The smallest absolute Gasteiger partial charge is 0.371 e. The molecule has 0 rings (SSSR count). The second kappa shape index (κ2) is 10.4. The Bertz CT molecular complexity index is 448. The van der Waals surface area contributed by atoms with E-state index in [0.29, 0.717) is 0 Å². The predicted molar refractivity (Wildman–Crippen MR) is 68.8 cm³/mol. The molecule has 0 fully saturated rings. The van der Waals surface area contributed by atoms with E-state index in [1.54, 1.807) is 0 Å². The van der Waals surface area contributed by atoms with Gasteiger partial charge in [0.1, 0.15) is 19.8 Å². The maximum Gasteiger partial charge on any atom is 0.551 e. The number of hydrogen-bond acceptors (Lipinski definition) is 5. The van der Waals surface area contributed by atoms with Gasteiger partial charge < -0.3 is 14.2 Å². The van der Waals surface area contributed by atoms with Gasteiger partial charge in [-0.1, -0.05) is 0 Å². The topological polar surface area (TPSA) is 54.0 Å². The molecule has 0 radical (unpaired) electrons. The summed E-state index contributed by atoms with van der Waals surface area (Å²) in [5.74, 6) is 0. The second-order valence-electron chi connectivity index (χ2n) is 5.51. The molecule has 0 aliphatic heterocycles. The summed E-state index contributed by atoms with van der Waals surface area (Å²) < 4.78 is 161. The first-order valence-electron chi connectivity index (χ1n) is 6.90. The van der Waals surface area contributed by atoms with Crippen molar-refractivity contribution in [2.24, 2.45) is 5.41 Å². The van der Waals surface area contributed by atoms with Gasteiger partial charge in [-0.2, -0.15) is 39.5 Å². The van der Waals surface area contributed by atoms with Crippen LogP contribution in [0.5, 0.6) is 0 Å². The highest BCUT2D eigenvalue weighted by Gasteiger charge is 2.40. The van der Waals surface area contributed by atoms with Crippen molar-refractivity contribution in [3.05, 3.63) is 0 Å². The summed E-state index contributed by atoms with van der Waals surface area (Å²) >= 11 is 0. The Kier molecular flexibility index (Phi) is 10.1. The van der Waals surface area contributed by atoms with Crippen molar-refractivity contribution in [2.45, 2.75) is 18.5 Å². The van der Waals surface area contributed by atoms with E-state index in [2.05, 4.69) is 18.7 Å². The lowest BCUT2D eigenvalue weighted by atomic mass is 9.92. The van der Waals surface area contributed by atoms with E-state index in [1.165, 1.54) is 0 Å². The highest BCUT2D eigenvalue weighted by Crippen LogP contribution is 2.51. The molecule has 0 saturated heterocycles. The number of hydrogen-bond donors (Lipinski definition) is 0. The summed E-state index contributed by atoms with van der Waals surface area (Å²) in [6.07, 6.45) is -14.8. The highest BCUT2D eigenvalue weighted by molar-refractivity contribution is 7.47. The Balaban J connectivity index is 5.30. The van der Waals surface area contributed by atoms with Crippen LogP contribution in [0.15, 0.2) is 0 Å². The molecular weight excluding hydrogens is 452 g/mol. The Morgan fingerprint density at radius 1 is 0.536 bits per heavy atom. The summed E-state index contributed by atoms with van der Waals surface area (Å²) in [4.78, 5) is 0. The van der Waals surface area contributed by atoms with E-state index in [9.17, 15) is 52.5 Å². The lowest BCUT2D eigenvalue weighted by Crippen LogP contribution is -2.43. The van der Waals surface area contributed by atoms with Crippen molar-refractivity contribution in [2.75, 3.05) is 46.2 Å². The Morgan fingerprint density at radius 3 is 1.04 bits per heavy atom. The highest BCUT2D eigenvalue weighted by atomic mass is 31.2. The molecule has 0 aromatic heterocycles. The van der Waals surface area contributed by atoms with E-state index in [0.717, 1.165) is 0 Å². The lowest BCUT2D eigenvalue weighted by molar-refractivity contribution is -0.213. The number of rotatable bonds is 12. The van der Waals surface area contributed by atoms with Gasteiger partial charge in [-0.05, 0) is 0 Å². The van der Waals surface area contributed by atoms with E-state index in [4.69, 9.17) is 0 Å². The predicted octanol–water partition coefficient (Wildman–Crippen LogP) is 4.77. The van der Waals surface area contributed by atoms with Crippen LogP contribution in [-0.2, 0) is 23.3 Å². The zero-order valence-electron chi connectivity index (χ0n) is 13.6. The molecule has 0 aromatic carbocycles. The van der Waals surface area contributed by atoms with Crippen molar-refractivity contribution >= 4 is 7.99 Å². The van der Waals surface area contributed by atoms with E-state index < -0.39 is 78.2 Å². The average Bonchev–Trinajstić information content (AvgIpc) is 2.40. The SMILES string of the molecule is O=P(F)(F)OCC(COCC(F)(F)F)(COCC(F)(F)F)COCC(F)(F)F. The zero-order chi connectivity index (χ0) is 22.3. The molecule has 0 heterocycles. The van der Waals surface area contributed by atoms with Crippen molar-refractivity contribution < 1.29 is 71.2 Å². The molecule has 0 amide bonds. The van der Waals surface area contributed by atoms with Gasteiger partial charge in [0.25, 0.3) is 0 Å². The monoisotopic (exact) mass is 466 g/mol. The maximum atomic E-state index is 12.5. The molecular formula is C11H14F11O5P. The first-order chi connectivity index (χ1) is 12.3. The Hall–Kier alpha value is -0.700. The first kappa shape index (κ1) is 27.3. The molecule has 0 spiro atoms. The summed E-state index contributed by atoms with van der Waals surface area (Å²) in [6, 6.07) is 0. The van der Waals surface area contributed by atoms with Gasteiger partial charge in [0.15, 0.2) is 0 Å². The van der Waals surface area contributed by atoms with Crippen LogP contribution < -0.4 is 0 Å². The second-order valence-corrected chi connectivity index (χ2v) is 6.60. The summed E-state index contributed by atoms with van der Waals surface area (Å²) in [6.45, 7) is -11.6. The molecule has 28 heavy (non-hydrogen) atoms. The van der Waals surface area contributed by atoms with Crippen molar-refractivity contribution in [3.8, 4) is 0 Å². The number of ether oxygens (including phenoxy) is 3. The van der Waals surface area contributed by atoms with Crippen LogP contribution >= 0.6 is 7.99 Å². The van der Waals surface area contributed by atoms with E-state index in [1.807, 2.05) is 0 Å². The fourth-order valence-electron chi connectivity index (χ4n) is 1.61. The van der Waals surface area contributed by atoms with E-state index in [-0.39, 0.29) is 0 Å². The normalized spacial score (nSPS) is 14.5. The van der Waals surface area contributed by atoms with Gasteiger partial charge in [0.2, 0.25) is 0 Å². The van der Waals surface area contributed by atoms with Crippen LogP contribution in [0, 0.1) is 5.41 Å². The third-order valence-electron chi connectivity index (χ3n) is 2.54. The minimum absolute atomic E-state index is 1.35. The molecule has 0 atom stereocenters. The third-order valence-corrected chi connectivity index (χ3v) is 2.97. The summed E-state index contributed by atoms with van der Waals surface area (Å²) in [5, 5.41) is 0. The molecule has 0 aliphatic rings. The van der Waals surface area contributed by atoms with Crippen molar-refractivity contribution in [1.82, 2.24) is 0 Å². The van der Waals surface area contributed by atoms with Crippen LogP contribution in [0.4, 0.5) is 47.9 Å². The lowest BCUT2D eigenvalue weighted by Gasteiger charge is -2.32. The number of alkyl halides is 9. The number of halogens is 11. The van der Waals surface area contributed by atoms with Gasteiger partial charge in [0.05, 0.1) is 31.8 Å². The molecule has 5 nitrogen and oxygen atoms in total. The van der Waals surface area contributed by atoms with Crippen LogP contribution in [0.1, 0.15) is 0 Å². The largest absolute Gasteiger partial charge is 0.551 e. The Morgan fingerprint density at radius 2 is 0.821 bits per heavy atom. The molecule has 0 aromatic rings. The first-order valence-corrected chi connectivity index (χ1v) is 8.31. The molecule has 0 unspecified atom stereocenters. The summed E-state index contributed by atoms with van der Waals surface area (Å²) in [5.41, 5.74) is -2.48. The van der Waals surface area contributed by atoms with Crippen LogP contribution in [0.25, 0.3) is 0 Å². The molecule has 0 aliphatic carbocycles. The fourth-order valence-corrected chi connectivity index (χ4v) is 2.04. The Labute approximate surface area is 150 Å². The standard InChI is InChI=1S/C11H14F11O5P/c12-9(13,14)5-24-1-8(4-27-28(21,22)23,2-25-6-10(15,16)17)3-26-7-11(18,19)20/h1-7H2. The summed E-state index contributed by atoms with van der Waals surface area (Å²) in [7, 11) is -6.29. The van der Waals surface area contributed by atoms with Crippen molar-refractivity contribution in [1.29, 1.82) is 0 Å². The van der Waals surface area contributed by atoms with E-state index >= 15 is 0 Å². The fraction of sp³-hybridized carbons (Fsp3) is 1.00. The molecule has 0 saturated carbocycles. The average molecular weight is 466 g/mol. The van der Waals surface area contributed by atoms with Gasteiger partial charge >= 0.3 is 26.5 Å². The molecule has 0 N–H and O–H groups in total. The maximum absolute atomic E-state index is 12.5. The molecule has 170 valence electrons. The van der Waals surface area contributed by atoms with Gasteiger partial charge in [0, 0.05) is 0 Å². The minimum atomic E-state index is -6.29. The molecule has 17 heteroatoms. The molecule has 0 bridgehead atoms. The van der Waals surface area contributed by atoms with Crippen LogP contribution in [-0.4, -0.2) is 64.8 Å². The quantitative estimate of drug-likeness (QED) is 0.307. The van der Waals surface area contributed by atoms with Gasteiger partial charge in [-0.3, -0.25) is 4.52 Å². The minimum Gasteiger partial charge on any atom is -0.371 e. The van der Waals surface area contributed by atoms with Gasteiger partial charge in [-0.15, -0.1) is 8.39 Å². The van der Waals surface area contributed by atoms with Crippen molar-refractivity contribution in [3.63, 3.8) is 0 Å². The zero-order valence-corrected chi connectivity index (χ0v) is 14.5.